The number of aromatic nitrogens is 1. The van der Waals surface area contributed by atoms with Crippen LogP contribution in [-0.4, -0.2) is 60.1 Å². The Morgan fingerprint density at radius 1 is 1.11 bits per heavy atom. The quantitative estimate of drug-likeness (QED) is 0.773. The smallest absolute Gasteiger partial charge is 0.237 e. The van der Waals surface area contributed by atoms with Crippen LogP contribution in [0, 0.1) is 0 Å². The lowest BCUT2D eigenvalue weighted by atomic mass is 10.1. The fourth-order valence-electron chi connectivity index (χ4n) is 4.01. The minimum atomic E-state index is 0.0821. The zero-order chi connectivity index (χ0) is 19.3. The summed E-state index contributed by atoms with van der Waals surface area (Å²) >= 11 is 5.98. The van der Waals surface area contributed by atoms with Gasteiger partial charge < -0.3 is 9.64 Å². The Balaban J connectivity index is 1.44. The molecule has 2 aliphatic rings. The molecule has 0 saturated carbocycles. The molecule has 6 heteroatoms. The van der Waals surface area contributed by atoms with Gasteiger partial charge in [-0.05, 0) is 42.7 Å². The normalized spacial score (nSPS) is 20.5. The molecule has 0 spiro atoms. The third kappa shape index (κ3) is 4.72. The zero-order valence-electron chi connectivity index (χ0n) is 16.0. The SMILES string of the molecule is O=C(CN1CCOCC1)N1CCC[C@@H]1c1cccc(Cc2ccc(Cl)cc2)n1. The molecular formula is C22H26ClN3O2. The average Bonchev–Trinajstić information content (AvgIpc) is 3.21. The van der Waals surface area contributed by atoms with Gasteiger partial charge >= 0.3 is 0 Å². The van der Waals surface area contributed by atoms with Crippen LogP contribution < -0.4 is 0 Å². The monoisotopic (exact) mass is 399 g/mol. The molecule has 2 aromatic rings. The van der Waals surface area contributed by atoms with E-state index in [0.717, 1.165) is 55.3 Å². The molecule has 2 fully saturated rings. The van der Waals surface area contributed by atoms with E-state index in [1.54, 1.807) is 0 Å². The minimum Gasteiger partial charge on any atom is -0.379 e. The van der Waals surface area contributed by atoms with Gasteiger partial charge in [-0.15, -0.1) is 0 Å². The lowest BCUT2D eigenvalue weighted by molar-refractivity contribution is -0.134. The maximum Gasteiger partial charge on any atom is 0.237 e. The van der Waals surface area contributed by atoms with Crippen molar-refractivity contribution in [1.29, 1.82) is 0 Å². The molecule has 4 rings (SSSR count). The molecular weight excluding hydrogens is 374 g/mol. The molecule has 0 bridgehead atoms. The molecule has 5 nitrogen and oxygen atoms in total. The van der Waals surface area contributed by atoms with Gasteiger partial charge in [0, 0.05) is 36.8 Å². The topological polar surface area (TPSA) is 45.7 Å². The molecule has 28 heavy (non-hydrogen) atoms. The van der Waals surface area contributed by atoms with E-state index in [1.165, 1.54) is 5.56 Å². The highest BCUT2D eigenvalue weighted by molar-refractivity contribution is 6.30. The molecule has 1 atom stereocenters. The second-order valence-corrected chi connectivity index (χ2v) is 7.93. The van der Waals surface area contributed by atoms with E-state index in [1.807, 2.05) is 35.2 Å². The molecule has 0 radical (unpaired) electrons. The number of likely N-dealkylation sites (tertiary alicyclic amines) is 1. The van der Waals surface area contributed by atoms with Gasteiger partial charge in [0.25, 0.3) is 0 Å². The van der Waals surface area contributed by atoms with Gasteiger partial charge in [-0.25, -0.2) is 0 Å². The Morgan fingerprint density at radius 3 is 2.68 bits per heavy atom. The van der Waals surface area contributed by atoms with Gasteiger partial charge in [0.05, 0.1) is 31.5 Å². The Morgan fingerprint density at radius 2 is 1.89 bits per heavy atom. The van der Waals surface area contributed by atoms with Gasteiger partial charge in [-0.3, -0.25) is 14.7 Å². The summed E-state index contributed by atoms with van der Waals surface area (Å²) in [6.45, 7) is 4.38. The lowest BCUT2D eigenvalue weighted by Crippen LogP contribution is -2.44. The number of carbonyl (C=O) groups excluding carboxylic acids is 1. The molecule has 2 aliphatic heterocycles. The summed E-state index contributed by atoms with van der Waals surface area (Å²) in [5, 5.41) is 0.742. The summed E-state index contributed by atoms with van der Waals surface area (Å²) in [7, 11) is 0. The first kappa shape index (κ1) is 19.4. The molecule has 3 heterocycles. The maximum absolute atomic E-state index is 12.9. The number of carbonyl (C=O) groups is 1. The Kier molecular flexibility index (Phi) is 6.25. The van der Waals surface area contributed by atoms with E-state index in [0.29, 0.717) is 19.8 Å². The molecule has 1 amide bonds. The van der Waals surface area contributed by atoms with E-state index in [2.05, 4.69) is 17.0 Å². The second kappa shape index (κ2) is 9.03. The van der Waals surface area contributed by atoms with Crippen LogP contribution in [0.15, 0.2) is 42.5 Å². The highest BCUT2D eigenvalue weighted by Crippen LogP contribution is 2.31. The van der Waals surface area contributed by atoms with Crippen molar-refractivity contribution in [3.63, 3.8) is 0 Å². The Labute approximate surface area is 171 Å². The lowest BCUT2D eigenvalue weighted by Gasteiger charge is -2.30. The zero-order valence-corrected chi connectivity index (χ0v) is 16.8. The average molecular weight is 400 g/mol. The van der Waals surface area contributed by atoms with Crippen molar-refractivity contribution >= 4 is 17.5 Å². The molecule has 1 aromatic heterocycles. The Hall–Kier alpha value is -1.95. The number of hydrogen-bond donors (Lipinski definition) is 0. The number of amides is 1. The van der Waals surface area contributed by atoms with Crippen LogP contribution in [0.1, 0.15) is 35.8 Å². The van der Waals surface area contributed by atoms with Crippen LogP contribution >= 0.6 is 11.6 Å². The number of halogens is 1. The third-order valence-electron chi connectivity index (χ3n) is 5.50. The van der Waals surface area contributed by atoms with Crippen LogP contribution in [0.2, 0.25) is 5.02 Å². The summed E-state index contributed by atoms with van der Waals surface area (Å²) in [5.41, 5.74) is 3.20. The van der Waals surface area contributed by atoms with E-state index < -0.39 is 0 Å². The van der Waals surface area contributed by atoms with Crippen molar-refractivity contribution in [3.8, 4) is 0 Å². The minimum absolute atomic E-state index is 0.0821. The van der Waals surface area contributed by atoms with Crippen molar-refractivity contribution in [2.75, 3.05) is 39.4 Å². The van der Waals surface area contributed by atoms with Gasteiger partial charge in [-0.1, -0.05) is 29.8 Å². The number of benzene rings is 1. The predicted octanol–water partition coefficient (Wildman–Crippen LogP) is 3.32. The van der Waals surface area contributed by atoms with E-state index in [9.17, 15) is 4.79 Å². The fourth-order valence-corrected chi connectivity index (χ4v) is 4.13. The van der Waals surface area contributed by atoms with Gasteiger partial charge in [0.2, 0.25) is 5.91 Å². The predicted molar refractivity (Wildman–Crippen MR) is 109 cm³/mol. The fraction of sp³-hybridized carbons (Fsp3) is 0.455. The van der Waals surface area contributed by atoms with Crippen LogP contribution in [0.5, 0.6) is 0 Å². The van der Waals surface area contributed by atoms with Crippen molar-refractivity contribution in [2.45, 2.75) is 25.3 Å². The van der Waals surface area contributed by atoms with Crippen LogP contribution in [-0.2, 0) is 16.0 Å². The first-order valence-electron chi connectivity index (χ1n) is 9.99. The van der Waals surface area contributed by atoms with Gasteiger partial charge in [0.1, 0.15) is 0 Å². The van der Waals surface area contributed by atoms with E-state index >= 15 is 0 Å². The first-order valence-corrected chi connectivity index (χ1v) is 10.4. The first-order chi connectivity index (χ1) is 13.7. The summed E-state index contributed by atoms with van der Waals surface area (Å²) in [4.78, 5) is 22.0. The summed E-state index contributed by atoms with van der Waals surface area (Å²) in [5.74, 6) is 0.203. The number of hydrogen-bond acceptors (Lipinski definition) is 4. The molecule has 1 aromatic carbocycles. The highest BCUT2D eigenvalue weighted by atomic mass is 35.5. The molecule has 148 valence electrons. The largest absolute Gasteiger partial charge is 0.379 e. The van der Waals surface area contributed by atoms with Gasteiger partial charge in [0.15, 0.2) is 0 Å². The van der Waals surface area contributed by atoms with E-state index in [-0.39, 0.29) is 11.9 Å². The number of pyridine rings is 1. The van der Waals surface area contributed by atoms with Crippen molar-refractivity contribution in [3.05, 3.63) is 64.4 Å². The molecule has 0 N–H and O–H groups in total. The number of nitrogens with zero attached hydrogens (tertiary/aromatic N) is 3. The molecule has 2 saturated heterocycles. The summed E-state index contributed by atoms with van der Waals surface area (Å²) in [6.07, 6.45) is 2.77. The molecule has 0 aliphatic carbocycles. The van der Waals surface area contributed by atoms with Crippen LogP contribution in [0.4, 0.5) is 0 Å². The number of rotatable bonds is 5. The van der Waals surface area contributed by atoms with Crippen LogP contribution in [0.25, 0.3) is 0 Å². The summed E-state index contributed by atoms with van der Waals surface area (Å²) in [6, 6.07) is 14.1. The molecule has 0 unspecified atom stereocenters. The maximum atomic E-state index is 12.9. The van der Waals surface area contributed by atoms with Gasteiger partial charge in [-0.2, -0.15) is 0 Å². The second-order valence-electron chi connectivity index (χ2n) is 7.49. The summed E-state index contributed by atoms with van der Waals surface area (Å²) < 4.78 is 5.38. The Bertz CT molecular complexity index is 806. The van der Waals surface area contributed by atoms with E-state index in [4.69, 9.17) is 21.3 Å². The third-order valence-corrected chi connectivity index (χ3v) is 5.76. The highest BCUT2D eigenvalue weighted by Gasteiger charge is 2.31. The number of ether oxygens (including phenoxy) is 1. The van der Waals surface area contributed by atoms with Crippen molar-refractivity contribution < 1.29 is 9.53 Å². The van der Waals surface area contributed by atoms with Crippen molar-refractivity contribution in [1.82, 2.24) is 14.8 Å². The standard InChI is InChI=1S/C22H26ClN3O2/c23-18-8-6-17(7-9-18)15-19-3-1-4-20(24-19)21-5-2-10-26(21)22(27)16-25-11-13-28-14-12-25/h1,3-4,6-9,21H,2,5,10-16H2/t21-/m1/s1. The van der Waals surface area contributed by atoms with Crippen molar-refractivity contribution in [2.24, 2.45) is 0 Å². The van der Waals surface area contributed by atoms with Crippen LogP contribution in [0.3, 0.4) is 0 Å². The number of morpholine rings is 1.